The number of thioether (sulfide) groups is 1. The molecule has 1 unspecified atom stereocenters. The Morgan fingerprint density at radius 2 is 2.42 bits per heavy atom. The van der Waals surface area contributed by atoms with E-state index in [1.54, 1.807) is 0 Å². The van der Waals surface area contributed by atoms with Crippen LogP contribution in [0.1, 0.15) is 13.3 Å². The van der Waals surface area contributed by atoms with Gasteiger partial charge < -0.3 is 10.0 Å². The van der Waals surface area contributed by atoms with Gasteiger partial charge >= 0.3 is 0 Å². The highest BCUT2D eigenvalue weighted by Gasteiger charge is 2.20. The molecule has 1 rings (SSSR count). The number of aliphatic hydroxyl groups excluding tert-OH is 1. The van der Waals surface area contributed by atoms with Crippen LogP contribution in [0, 0.1) is 5.92 Å². The molecular formula is C9H19NOS. The van der Waals surface area contributed by atoms with Gasteiger partial charge in [0.15, 0.2) is 0 Å². The molecule has 1 N–H and O–H groups in total. The molecule has 1 saturated heterocycles. The fourth-order valence-electron chi connectivity index (χ4n) is 1.60. The van der Waals surface area contributed by atoms with Gasteiger partial charge in [-0.3, -0.25) is 0 Å². The Morgan fingerprint density at radius 3 is 3.00 bits per heavy atom. The van der Waals surface area contributed by atoms with Crippen LogP contribution in [0.2, 0.25) is 0 Å². The molecule has 0 aromatic carbocycles. The van der Waals surface area contributed by atoms with E-state index < -0.39 is 0 Å². The predicted octanol–water partition coefficient (Wildman–Crippen LogP) is 1.05. The minimum atomic E-state index is 0.372. The summed E-state index contributed by atoms with van der Waals surface area (Å²) in [5.74, 6) is 3.02. The Balaban J connectivity index is 2.03. The molecular weight excluding hydrogens is 170 g/mol. The summed E-state index contributed by atoms with van der Waals surface area (Å²) in [6, 6.07) is 0. The van der Waals surface area contributed by atoms with Gasteiger partial charge in [-0.15, -0.1) is 0 Å². The molecule has 3 heteroatoms. The van der Waals surface area contributed by atoms with Crippen LogP contribution in [0.4, 0.5) is 0 Å². The summed E-state index contributed by atoms with van der Waals surface area (Å²) in [5.41, 5.74) is 0. The molecule has 0 spiro atoms. The predicted molar refractivity (Wildman–Crippen MR) is 54.6 cm³/mol. The average Bonchev–Trinajstić information content (AvgIpc) is 2.53. The third-order valence-corrected chi connectivity index (χ3v) is 3.26. The minimum absolute atomic E-state index is 0.372. The molecule has 1 aliphatic heterocycles. The zero-order chi connectivity index (χ0) is 8.81. The van der Waals surface area contributed by atoms with Crippen molar-refractivity contribution in [3.8, 4) is 0 Å². The molecule has 1 aliphatic rings. The summed E-state index contributed by atoms with van der Waals surface area (Å²) in [5, 5.41) is 8.92. The monoisotopic (exact) mass is 189 g/mol. The average molecular weight is 189 g/mol. The third kappa shape index (κ3) is 3.33. The minimum Gasteiger partial charge on any atom is -0.396 e. The van der Waals surface area contributed by atoms with Crippen LogP contribution in [0.15, 0.2) is 0 Å². The summed E-state index contributed by atoms with van der Waals surface area (Å²) in [7, 11) is 0. The first kappa shape index (κ1) is 10.4. The van der Waals surface area contributed by atoms with Gasteiger partial charge in [0.2, 0.25) is 0 Å². The van der Waals surface area contributed by atoms with E-state index in [4.69, 9.17) is 5.11 Å². The van der Waals surface area contributed by atoms with Gasteiger partial charge in [-0.1, -0.05) is 6.92 Å². The van der Waals surface area contributed by atoms with Crippen LogP contribution in [-0.4, -0.2) is 47.8 Å². The first-order valence-electron chi connectivity index (χ1n) is 4.77. The molecule has 0 amide bonds. The van der Waals surface area contributed by atoms with Crippen molar-refractivity contribution in [1.29, 1.82) is 0 Å². The standard InChI is InChI=1S/C9H19NOS/c1-2-12-6-5-10-4-3-9(7-10)8-11/h9,11H,2-8H2,1H3. The first-order chi connectivity index (χ1) is 5.86. The maximum absolute atomic E-state index is 8.92. The summed E-state index contributed by atoms with van der Waals surface area (Å²) in [6.45, 7) is 6.08. The van der Waals surface area contributed by atoms with Crippen molar-refractivity contribution in [2.45, 2.75) is 13.3 Å². The molecule has 0 saturated carbocycles. The van der Waals surface area contributed by atoms with Crippen molar-refractivity contribution in [2.24, 2.45) is 5.92 Å². The molecule has 72 valence electrons. The van der Waals surface area contributed by atoms with Crippen LogP contribution in [0.3, 0.4) is 0 Å². The second-order valence-corrected chi connectivity index (χ2v) is 4.73. The summed E-state index contributed by atoms with van der Waals surface area (Å²) >= 11 is 2.00. The maximum atomic E-state index is 8.92. The quantitative estimate of drug-likeness (QED) is 0.654. The molecule has 1 atom stereocenters. The molecule has 12 heavy (non-hydrogen) atoms. The van der Waals surface area contributed by atoms with Gasteiger partial charge in [0.25, 0.3) is 0 Å². The molecule has 2 nitrogen and oxygen atoms in total. The molecule has 0 aliphatic carbocycles. The van der Waals surface area contributed by atoms with Crippen molar-refractivity contribution in [3.63, 3.8) is 0 Å². The van der Waals surface area contributed by atoms with E-state index in [-0.39, 0.29) is 0 Å². The summed E-state index contributed by atoms with van der Waals surface area (Å²) in [4.78, 5) is 2.46. The van der Waals surface area contributed by atoms with Crippen molar-refractivity contribution < 1.29 is 5.11 Å². The normalized spacial score (nSPS) is 25.0. The molecule has 0 aromatic heterocycles. The highest BCUT2D eigenvalue weighted by molar-refractivity contribution is 7.99. The highest BCUT2D eigenvalue weighted by Crippen LogP contribution is 2.15. The Bertz CT molecular complexity index is 121. The zero-order valence-corrected chi connectivity index (χ0v) is 8.65. The van der Waals surface area contributed by atoms with E-state index in [0.29, 0.717) is 12.5 Å². The lowest BCUT2D eigenvalue weighted by molar-refractivity contribution is 0.224. The molecule has 1 heterocycles. The van der Waals surface area contributed by atoms with Crippen LogP contribution >= 0.6 is 11.8 Å². The molecule has 1 fully saturated rings. The zero-order valence-electron chi connectivity index (χ0n) is 7.83. The number of hydrogen-bond acceptors (Lipinski definition) is 3. The lowest BCUT2D eigenvalue weighted by Gasteiger charge is -2.14. The fraction of sp³-hybridized carbons (Fsp3) is 1.00. The van der Waals surface area contributed by atoms with Gasteiger partial charge in [-0.25, -0.2) is 0 Å². The molecule has 0 aromatic rings. The third-order valence-electron chi connectivity index (χ3n) is 2.38. The van der Waals surface area contributed by atoms with Gasteiger partial charge in [-0.2, -0.15) is 11.8 Å². The Kier molecular flexibility index (Phi) is 5.04. The molecule has 0 bridgehead atoms. The van der Waals surface area contributed by atoms with Crippen LogP contribution in [-0.2, 0) is 0 Å². The van der Waals surface area contributed by atoms with E-state index in [2.05, 4.69) is 11.8 Å². The second kappa shape index (κ2) is 5.84. The smallest absolute Gasteiger partial charge is 0.0471 e. The number of nitrogens with zero attached hydrogens (tertiary/aromatic N) is 1. The first-order valence-corrected chi connectivity index (χ1v) is 5.93. The summed E-state index contributed by atoms with van der Waals surface area (Å²) < 4.78 is 0. The number of rotatable bonds is 5. The SMILES string of the molecule is CCSCCN1CCC(CO)C1. The Labute approximate surface area is 79.3 Å². The number of aliphatic hydroxyl groups is 1. The van der Waals surface area contributed by atoms with Crippen molar-refractivity contribution >= 4 is 11.8 Å². The second-order valence-electron chi connectivity index (χ2n) is 3.33. The number of hydrogen-bond donors (Lipinski definition) is 1. The lowest BCUT2D eigenvalue weighted by Crippen LogP contribution is -2.24. The van der Waals surface area contributed by atoms with Crippen LogP contribution in [0.25, 0.3) is 0 Å². The Morgan fingerprint density at radius 1 is 1.58 bits per heavy atom. The van der Waals surface area contributed by atoms with Gasteiger partial charge in [0, 0.05) is 25.4 Å². The molecule has 0 radical (unpaired) electrons. The van der Waals surface area contributed by atoms with Gasteiger partial charge in [-0.05, 0) is 24.6 Å². The van der Waals surface area contributed by atoms with E-state index in [1.165, 1.54) is 31.0 Å². The van der Waals surface area contributed by atoms with E-state index >= 15 is 0 Å². The highest BCUT2D eigenvalue weighted by atomic mass is 32.2. The van der Waals surface area contributed by atoms with Crippen LogP contribution < -0.4 is 0 Å². The Hall–Kier alpha value is 0.270. The van der Waals surface area contributed by atoms with E-state index in [0.717, 1.165) is 6.54 Å². The number of likely N-dealkylation sites (tertiary alicyclic amines) is 1. The van der Waals surface area contributed by atoms with Gasteiger partial charge in [0.05, 0.1) is 0 Å². The lowest BCUT2D eigenvalue weighted by atomic mass is 10.1. The van der Waals surface area contributed by atoms with Gasteiger partial charge in [0.1, 0.15) is 0 Å². The summed E-state index contributed by atoms with van der Waals surface area (Å²) in [6.07, 6.45) is 1.19. The maximum Gasteiger partial charge on any atom is 0.0471 e. The van der Waals surface area contributed by atoms with E-state index in [1.807, 2.05) is 11.8 Å². The fourth-order valence-corrected chi connectivity index (χ4v) is 2.28. The topological polar surface area (TPSA) is 23.5 Å². The van der Waals surface area contributed by atoms with E-state index in [9.17, 15) is 0 Å². The van der Waals surface area contributed by atoms with Crippen LogP contribution in [0.5, 0.6) is 0 Å². The largest absolute Gasteiger partial charge is 0.396 e. The van der Waals surface area contributed by atoms with Crippen molar-refractivity contribution in [2.75, 3.05) is 37.7 Å². The van der Waals surface area contributed by atoms with Crippen molar-refractivity contribution in [3.05, 3.63) is 0 Å². The van der Waals surface area contributed by atoms with Crippen molar-refractivity contribution in [1.82, 2.24) is 4.90 Å².